The van der Waals surface area contributed by atoms with Gasteiger partial charge in [-0.3, -0.25) is 9.78 Å². The number of nitrogens with zero attached hydrogens (tertiary/aromatic N) is 3. The summed E-state index contributed by atoms with van der Waals surface area (Å²) < 4.78 is 10.7. The average Bonchev–Trinajstić information content (AvgIpc) is 2.83. The second-order valence-corrected chi connectivity index (χ2v) is 8.14. The zero-order valence-corrected chi connectivity index (χ0v) is 18.4. The summed E-state index contributed by atoms with van der Waals surface area (Å²) in [6.45, 7) is 2.42. The lowest BCUT2D eigenvalue weighted by Crippen LogP contribution is -2.33. The summed E-state index contributed by atoms with van der Waals surface area (Å²) in [6.07, 6.45) is 4.24. The van der Waals surface area contributed by atoms with Crippen LogP contribution in [0, 0.1) is 0 Å². The van der Waals surface area contributed by atoms with Gasteiger partial charge in [-0.1, -0.05) is 12.1 Å². The Morgan fingerprint density at radius 1 is 1.09 bits per heavy atom. The monoisotopic (exact) mass is 433 g/mol. The molecule has 0 atom stereocenters. The maximum atomic E-state index is 12.8. The van der Waals surface area contributed by atoms with Crippen LogP contribution in [0.1, 0.15) is 30.4 Å². The summed E-state index contributed by atoms with van der Waals surface area (Å²) in [6, 6.07) is 9.69. The van der Waals surface area contributed by atoms with Crippen LogP contribution in [0.15, 0.2) is 40.1 Å². The molecule has 2 aliphatic rings. The van der Waals surface area contributed by atoms with Gasteiger partial charge in [0.25, 0.3) is 5.56 Å². The first-order valence-electron chi connectivity index (χ1n) is 11.0. The minimum Gasteiger partial charge on any atom is -0.493 e. The fourth-order valence-electron chi connectivity index (χ4n) is 4.46. The highest BCUT2D eigenvalue weighted by Crippen LogP contribution is 2.32. The molecule has 8 heteroatoms. The number of aliphatic imine (C=N–C) groups is 1. The number of H-pyrrole nitrogens is 1. The van der Waals surface area contributed by atoms with E-state index in [4.69, 9.17) is 19.5 Å². The molecular weight excluding hydrogens is 406 g/mol. The van der Waals surface area contributed by atoms with E-state index in [1.54, 1.807) is 26.4 Å². The van der Waals surface area contributed by atoms with E-state index in [2.05, 4.69) is 33.4 Å². The number of fused-ring (bicyclic) bond motifs is 2. The van der Waals surface area contributed by atoms with Crippen molar-refractivity contribution in [3.63, 3.8) is 0 Å². The smallest absolute Gasteiger partial charge is 0.260 e. The van der Waals surface area contributed by atoms with Crippen LogP contribution in [0.2, 0.25) is 0 Å². The van der Waals surface area contributed by atoms with Gasteiger partial charge in [0.2, 0.25) is 5.95 Å². The number of aromatic nitrogens is 2. The van der Waals surface area contributed by atoms with Crippen molar-refractivity contribution in [1.29, 1.82) is 0 Å². The van der Waals surface area contributed by atoms with Crippen molar-refractivity contribution in [1.82, 2.24) is 15.3 Å². The van der Waals surface area contributed by atoms with Crippen molar-refractivity contribution < 1.29 is 9.47 Å². The number of anilines is 1. The normalized spacial score (nSPS) is 17.2. The van der Waals surface area contributed by atoms with Gasteiger partial charge in [0.15, 0.2) is 11.5 Å². The predicted molar refractivity (Wildman–Crippen MR) is 126 cm³/mol. The van der Waals surface area contributed by atoms with Crippen molar-refractivity contribution in [2.75, 3.05) is 32.2 Å². The molecular formula is C24H27N5O3. The van der Waals surface area contributed by atoms with Gasteiger partial charge < -0.3 is 19.7 Å². The molecule has 0 bridgehead atoms. The number of piperidine rings is 1. The second-order valence-electron chi connectivity index (χ2n) is 8.14. The Bertz CT molecular complexity index is 1240. The summed E-state index contributed by atoms with van der Waals surface area (Å²) >= 11 is 0. The van der Waals surface area contributed by atoms with Gasteiger partial charge in [-0.05, 0) is 42.5 Å². The molecule has 1 fully saturated rings. The quantitative estimate of drug-likeness (QED) is 0.656. The maximum absolute atomic E-state index is 12.8. The highest BCUT2D eigenvalue weighted by atomic mass is 16.5. The van der Waals surface area contributed by atoms with E-state index in [1.807, 2.05) is 0 Å². The summed E-state index contributed by atoms with van der Waals surface area (Å²) in [5, 5.41) is 3.89. The zero-order valence-electron chi connectivity index (χ0n) is 18.4. The third kappa shape index (κ3) is 3.77. The topological polar surface area (TPSA) is 91.8 Å². The number of hydrogen-bond acceptors (Lipinski definition) is 6. The summed E-state index contributed by atoms with van der Waals surface area (Å²) in [4.78, 5) is 27.5. The highest BCUT2D eigenvalue weighted by Gasteiger charge is 2.22. The standard InChI is InChI=1S/C24H27N5O3/c1-31-20-12-17-19(13-21(20)32-2)27-24(28-23(17)30)29-11-9-16-15(14-29)6-5-7-18(16)26-22-8-3-4-10-25-22/h5-7,12-13H,3-4,8-11,14H2,1-2H3,(H,25,26)(H,27,28,30). The van der Waals surface area contributed by atoms with Gasteiger partial charge in [-0.25, -0.2) is 9.98 Å². The lowest BCUT2D eigenvalue weighted by Gasteiger charge is -2.30. The van der Waals surface area contributed by atoms with Crippen LogP contribution in [0.25, 0.3) is 10.9 Å². The molecule has 32 heavy (non-hydrogen) atoms. The first-order valence-corrected chi connectivity index (χ1v) is 11.0. The molecule has 0 aliphatic carbocycles. The largest absolute Gasteiger partial charge is 0.493 e. The number of nitrogens with one attached hydrogen (secondary N) is 2. The Hall–Kier alpha value is -3.55. The lowest BCUT2D eigenvalue weighted by atomic mass is 9.98. The number of hydrogen-bond donors (Lipinski definition) is 2. The third-order valence-corrected chi connectivity index (χ3v) is 6.16. The Labute approximate surface area is 186 Å². The van der Waals surface area contributed by atoms with E-state index in [0.29, 0.717) is 34.9 Å². The average molecular weight is 434 g/mol. The molecule has 0 unspecified atom stereocenters. The van der Waals surface area contributed by atoms with Crippen LogP contribution in [-0.4, -0.2) is 43.1 Å². The zero-order chi connectivity index (χ0) is 22.1. The molecule has 0 amide bonds. The van der Waals surface area contributed by atoms with Crippen molar-refractivity contribution in [3.05, 3.63) is 51.8 Å². The molecule has 8 nitrogen and oxygen atoms in total. The molecule has 3 heterocycles. The minimum absolute atomic E-state index is 0.194. The van der Waals surface area contributed by atoms with E-state index < -0.39 is 0 Å². The van der Waals surface area contributed by atoms with Crippen LogP contribution in [0.4, 0.5) is 11.6 Å². The van der Waals surface area contributed by atoms with Crippen molar-refractivity contribution in [2.24, 2.45) is 4.99 Å². The van der Waals surface area contributed by atoms with E-state index in [1.165, 1.54) is 24.0 Å². The van der Waals surface area contributed by atoms with Gasteiger partial charge in [-0.15, -0.1) is 0 Å². The Balaban J connectivity index is 1.47. The van der Waals surface area contributed by atoms with Crippen molar-refractivity contribution >= 4 is 28.4 Å². The van der Waals surface area contributed by atoms with Crippen LogP contribution >= 0.6 is 0 Å². The number of amidine groups is 1. The van der Waals surface area contributed by atoms with Gasteiger partial charge in [0.1, 0.15) is 5.84 Å². The van der Waals surface area contributed by atoms with E-state index in [9.17, 15) is 4.79 Å². The number of aromatic amines is 1. The summed E-state index contributed by atoms with van der Waals surface area (Å²) in [5.41, 5.74) is 3.92. The van der Waals surface area contributed by atoms with Gasteiger partial charge in [0.05, 0.1) is 30.8 Å². The number of rotatable bonds is 4. The fraction of sp³-hybridized carbons (Fsp3) is 0.375. The van der Waals surface area contributed by atoms with E-state index in [-0.39, 0.29) is 5.56 Å². The number of ether oxygens (including phenoxy) is 2. The van der Waals surface area contributed by atoms with E-state index in [0.717, 1.165) is 37.5 Å². The van der Waals surface area contributed by atoms with Gasteiger partial charge in [-0.2, -0.15) is 0 Å². The fourth-order valence-corrected chi connectivity index (χ4v) is 4.46. The van der Waals surface area contributed by atoms with Crippen LogP contribution in [0.5, 0.6) is 11.5 Å². The molecule has 1 saturated heterocycles. The Morgan fingerprint density at radius 2 is 1.94 bits per heavy atom. The molecule has 2 N–H and O–H groups in total. The summed E-state index contributed by atoms with van der Waals surface area (Å²) in [5.74, 6) is 2.70. The summed E-state index contributed by atoms with van der Waals surface area (Å²) in [7, 11) is 3.12. The van der Waals surface area contributed by atoms with Crippen LogP contribution in [0.3, 0.4) is 0 Å². The first kappa shape index (κ1) is 20.4. The van der Waals surface area contributed by atoms with Crippen molar-refractivity contribution in [2.45, 2.75) is 32.2 Å². The Kier molecular flexibility index (Phi) is 5.43. The molecule has 0 spiro atoms. The van der Waals surface area contributed by atoms with Crippen LogP contribution < -0.4 is 25.2 Å². The van der Waals surface area contributed by atoms with Crippen LogP contribution in [-0.2, 0) is 13.0 Å². The van der Waals surface area contributed by atoms with Crippen molar-refractivity contribution in [3.8, 4) is 11.5 Å². The molecule has 0 radical (unpaired) electrons. The molecule has 3 aromatic rings. The maximum Gasteiger partial charge on any atom is 0.260 e. The first-order chi connectivity index (χ1) is 15.7. The van der Waals surface area contributed by atoms with Gasteiger partial charge in [0, 0.05) is 32.1 Å². The third-order valence-electron chi connectivity index (χ3n) is 6.16. The molecule has 1 aromatic heterocycles. The second kappa shape index (κ2) is 8.53. The molecule has 2 aromatic carbocycles. The highest BCUT2D eigenvalue weighted by molar-refractivity contribution is 5.86. The molecule has 2 aliphatic heterocycles. The molecule has 166 valence electrons. The predicted octanol–water partition coefficient (Wildman–Crippen LogP) is 3.31. The Morgan fingerprint density at radius 3 is 2.72 bits per heavy atom. The number of methoxy groups -OCH3 is 2. The van der Waals surface area contributed by atoms with E-state index >= 15 is 0 Å². The number of benzene rings is 2. The SMILES string of the molecule is COc1cc2nc(N3CCc4c(cccc4/N=C4\CCCCN4)C3)[nH]c(=O)c2cc1OC. The minimum atomic E-state index is -0.194. The van der Waals surface area contributed by atoms with Gasteiger partial charge >= 0.3 is 0 Å². The lowest BCUT2D eigenvalue weighted by molar-refractivity contribution is 0.355. The molecule has 5 rings (SSSR count). The molecule has 0 saturated carbocycles.